The zero-order chi connectivity index (χ0) is 34.1. The van der Waals surface area contributed by atoms with Crippen LogP contribution < -0.4 is 9.80 Å². The van der Waals surface area contributed by atoms with E-state index in [0.29, 0.717) is 11.3 Å². The van der Waals surface area contributed by atoms with Gasteiger partial charge in [0, 0.05) is 22.2 Å². The van der Waals surface area contributed by atoms with Crippen LogP contribution in [0.3, 0.4) is 0 Å². The molecule has 2 aliphatic rings. The topological polar surface area (TPSA) is 34.6 Å². The van der Waals surface area contributed by atoms with Crippen molar-refractivity contribution in [1.29, 1.82) is 5.26 Å². The van der Waals surface area contributed by atoms with E-state index in [2.05, 4.69) is 173 Å². The summed E-state index contributed by atoms with van der Waals surface area (Å²) >= 11 is 0. The molecule has 0 fully saturated rings. The molecule has 0 saturated carbocycles. The van der Waals surface area contributed by atoms with Gasteiger partial charge in [0.1, 0.15) is 0 Å². The molecule has 0 atom stereocenters. The molecule has 0 amide bonds. The largest absolute Gasteiger partial charge is 0.319 e. The van der Waals surface area contributed by atoms with E-state index in [1.54, 1.807) is 0 Å². The smallest absolute Gasteiger partial charge is 0.230 e. The van der Waals surface area contributed by atoms with E-state index in [1.165, 1.54) is 22.3 Å². The third-order valence-corrected chi connectivity index (χ3v) is 10.6. The van der Waals surface area contributed by atoms with Crippen LogP contribution in [-0.4, -0.2) is 0 Å². The van der Waals surface area contributed by atoms with Crippen LogP contribution >= 0.6 is 0 Å². The Kier molecular flexibility index (Phi) is 7.26. The van der Waals surface area contributed by atoms with Gasteiger partial charge in [0.25, 0.3) is 0 Å². The Bertz CT molecular complexity index is 1930. The molecular weight excluding hydrogens is 585 g/mol. The Balaban J connectivity index is 1.67. The molecule has 0 saturated heterocycles. The molecule has 48 heavy (non-hydrogen) atoms. The molecule has 0 N–H and O–H groups in total. The van der Waals surface area contributed by atoms with Crippen LogP contribution in [0.1, 0.15) is 106 Å². The number of rotatable bonds is 4. The fourth-order valence-corrected chi connectivity index (χ4v) is 8.41. The first-order valence-corrected chi connectivity index (χ1v) is 17.0. The molecule has 2 aliphatic heterocycles. The highest BCUT2D eigenvalue weighted by Gasteiger charge is 2.43. The van der Waals surface area contributed by atoms with Gasteiger partial charge in [-0.25, -0.2) is 4.85 Å². The molecule has 7 rings (SSSR count). The first-order chi connectivity index (χ1) is 23.0. The maximum Gasteiger partial charge on any atom is 0.230 e. The van der Waals surface area contributed by atoms with Gasteiger partial charge in [-0.05, 0) is 69.5 Å². The summed E-state index contributed by atoms with van der Waals surface area (Å²) in [5.41, 5.74) is 13.2. The van der Waals surface area contributed by atoms with Crippen molar-refractivity contribution in [1.82, 2.24) is 0 Å². The van der Waals surface area contributed by atoms with Gasteiger partial charge in [-0.1, -0.05) is 128 Å². The average Bonchev–Trinajstić information content (AvgIpc) is 3.08. The number of nitrogens with zero attached hydrogens (tertiary/aromatic N) is 4. The van der Waals surface area contributed by atoms with Crippen molar-refractivity contribution in [2.75, 3.05) is 9.80 Å². The molecule has 2 heterocycles. The summed E-state index contributed by atoms with van der Waals surface area (Å²) in [5, 5.41) is 11.3. The van der Waals surface area contributed by atoms with E-state index >= 15 is 0 Å². The van der Waals surface area contributed by atoms with E-state index in [9.17, 15) is 5.26 Å². The lowest BCUT2D eigenvalue weighted by Gasteiger charge is -2.46. The second-order valence-electron chi connectivity index (χ2n) is 14.8. The van der Waals surface area contributed by atoms with Gasteiger partial charge in [0.05, 0.1) is 41.0 Å². The Morgan fingerprint density at radius 3 is 1.19 bits per heavy atom. The number of hydrogen-bond acceptors (Lipinski definition) is 3. The lowest BCUT2D eigenvalue weighted by molar-refractivity contribution is 0.630. The molecule has 0 spiro atoms. The van der Waals surface area contributed by atoms with Gasteiger partial charge in [-0.3, -0.25) is 0 Å². The van der Waals surface area contributed by atoms with E-state index < -0.39 is 0 Å². The third kappa shape index (κ3) is 4.26. The van der Waals surface area contributed by atoms with E-state index in [-0.39, 0.29) is 22.7 Å². The standard InChI is InChI=1S/C44H42N4/c1-27(2)38-39(28(3)4)42(48-36-24-16-12-20-32(36)44(7,8)33-21-13-17-25-37(33)48)40(46-9)29(26-45)41(38)47-34-22-14-10-18-30(34)43(5,6)31-19-11-15-23-35(31)47/h10-25,27-28H,1-8H3. The third-order valence-electron chi connectivity index (χ3n) is 10.6. The first kappa shape index (κ1) is 31.3. The number of fused-ring (bicyclic) bond motifs is 4. The first-order valence-electron chi connectivity index (χ1n) is 17.0. The van der Waals surface area contributed by atoms with Crippen molar-refractivity contribution >= 4 is 39.8 Å². The fraction of sp³-hybridized carbons (Fsp3) is 0.273. The summed E-state index contributed by atoms with van der Waals surface area (Å²) in [7, 11) is 0. The second-order valence-corrected chi connectivity index (χ2v) is 14.8. The minimum atomic E-state index is -0.244. The summed E-state index contributed by atoms with van der Waals surface area (Å²) < 4.78 is 0. The van der Waals surface area contributed by atoms with Gasteiger partial charge in [-0.15, -0.1) is 0 Å². The highest BCUT2D eigenvalue weighted by Crippen LogP contribution is 2.61. The Morgan fingerprint density at radius 2 is 0.875 bits per heavy atom. The van der Waals surface area contributed by atoms with Crippen LogP contribution in [-0.2, 0) is 10.8 Å². The van der Waals surface area contributed by atoms with Crippen LogP contribution in [0.25, 0.3) is 4.85 Å². The highest BCUT2D eigenvalue weighted by molar-refractivity contribution is 6.01. The SMILES string of the molecule is [C-]#[N+]c1c(C#N)c(N2c3ccccc3C(C)(C)c3ccccc32)c(C(C)C)c(C(C)C)c1N1c2ccccc2C(C)(C)c2ccccc21. The van der Waals surface area contributed by atoms with E-state index in [0.717, 1.165) is 45.3 Å². The van der Waals surface area contributed by atoms with Crippen LogP contribution in [0, 0.1) is 17.9 Å². The van der Waals surface area contributed by atoms with Crippen molar-refractivity contribution in [3.8, 4) is 6.07 Å². The van der Waals surface area contributed by atoms with Crippen molar-refractivity contribution in [2.24, 2.45) is 0 Å². The van der Waals surface area contributed by atoms with Crippen LogP contribution in [0.5, 0.6) is 0 Å². The molecule has 0 unspecified atom stereocenters. The van der Waals surface area contributed by atoms with Crippen molar-refractivity contribution in [3.63, 3.8) is 0 Å². The summed E-state index contributed by atoms with van der Waals surface area (Å²) in [6.45, 7) is 26.8. The lowest BCUT2D eigenvalue weighted by atomic mass is 9.72. The molecule has 4 heteroatoms. The number of nitriles is 1. The van der Waals surface area contributed by atoms with Crippen LogP contribution in [0.2, 0.25) is 0 Å². The normalized spacial score (nSPS) is 15.2. The Labute approximate surface area is 285 Å². The Hall–Kier alpha value is -5.32. The van der Waals surface area contributed by atoms with Crippen molar-refractivity contribution in [2.45, 2.75) is 78.1 Å². The minimum absolute atomic E-state index is 0.0593. The van der Waals surface area contributed by atoms with E-state index in [1.807, 2.05) is 0 Å². The van der Waals surface area contributed by atoms with Crippen molar-refractivity contribution in [3.05, 3.63) is 147 Å². The molecule has 5 aromatic rings. The predicted octanol–water partition coefficient (Wildman–Crippen LogP) is 12.6. The predicted molar refractivity (Wildman–Crippen MR) is 199 cm³/mol. The van der Waals surface area contributed by atoms with Gasteiger partial charge in [-0.2, -0.15) is 5.26 Å². The zero-order valence-corrected chi connectivity index (χ0v) is 29.2. The molecule has 0 aliphatic carbocycles. The maximum atomic E-state index is 11.3. The lowest BCUT2D eigenvalue weighted by Crippen LogP contribution is -2.33. The van der Waals surface area contributed by atoms with Crippen LogP contribution in [0.4, 0.5) is 39.8 Å². The zero-order valence-electron chi connectivity index (χ0n) is 29.2. The minimum Gasteiger partial charge on any atom is -0.319 e. The second kappa shape index (κ2) is 11.1. The van der Waals surface area contributed by atoms with Gasteiger partial charge in [0.15, 0.2) is 0 Å². The van der Waals surface area contributed by atoms with Gasteiger partial charge >= 0.3 is 0 Å². The monoisotopic (exact) mass is 626 g/mol. The summed E-state index contributed by atoms with van der Waals surface area (Å²) in [5.74, 6) is 0.120. The van der Waals surface area contributed by atoms with Gasteiger partial charge in [0.2, 0.25) is 5.69 Å². The van der Waals surface area contributed by atoms with Crippen molar-refractivity contribution < 1.29 is 0 Å². The summed E-state index contributed by atoms with van der Waals surface area (Å²) in [6, 6.07) is 36.8. The van der Waals surface area contributed by atoms with Gasteiger partial charge < -0.3 is 9.80 Å². The fourth-order valence-electron chi connectivity index (χ4n) is 8.41. The quantitative estimate of drug-likeness (QED) is 0.186. The summed E-state index contributed by atoms with van der Waals surface area (Å²) in [4.78, 5) is 8.87. The molecular formula is C44H42N4. The number of anilines is 6. The number of benzene rings is 5. The van der Waals surface area contributed by atoms with Crippen LogP contribution in [0.15, 0.2) is 97.1 Å². The molecule has 4 nitrogen and oxygen atoms in total. The average molecular weight is 627 g/mol. The maximum absolute atomic E-state index is 11.3. The number of hydrogen-bond donors (Lipinski definition) is 0. The Morgan fingerprint density at radius 1 is 0.562 bits per heavy atom. The summed E-state index contributed by atoms with van der Waals surface area (Å²) in [6.07, 6.45) is 0. The molecule has 0 radical (unpaired) electrons. The molecule has 0 aromatic heterocycles. The molecule has 5 aromatic carbocycles. The number of para-hydroxylation sites is 4. The highest BCUT2D eigenvalue weighted by atomic mass is 15.2. The van der Waals surface area contributed by atoms with E-state index in [4.69, 9.17) is 6.57 Å². The molecule has 0 bridgehead atoms. The molecule has 238 valence electrons.